The van der Waals surface area contributed by atoms with E-state index < -0.39 is 5.55 Å². The van der Waals surface area contributed by atoms with Gasteiger partial charge < -0.3 is 0 Å². The molecule has 0 fully saturated rings. The van der Waals surface area contributed by atoms with Crippen LogP contribution in [0, 0.1) is 0 Å². The van der Waals surface area contributed by atoms with Gasteiger partial charge in [-0.2, -0.15) is 0 Å². The van der Waals surface area contributed by atoms with E-state index in [0.717, 1.165) is 0 Å². The fourth-order valence-corrected chi connectivity index (χ4v) is 4.84. The van der Waals surface area contributed by atoms with Crippen LogP contribution < -0.4 is 0 Å². The molecule has 0 rings (SSSR count). The fourth-order valence-electron chi connectivity index (χ4n) is 0.104. The van der Waals surface area contributed by atoms with Crippen molar-refractivity contribution in [3.8, 4) is 0 Å². The predicted molar refractivity (Wildman–Crippen MR) is 52.9 cm³/mol. The van der Waals surface area contributed by atoms with Gasteiger partial charge in [-0.15, -0.1) is 12.2 Å². The van der Waals surface area contributed by atoms with Crippen LogP contribution in [0.2, 0.25) is 0 Å². The zero-order chi connectivity index (χ0) is 7.71. The van der Waals surface area contributed by atoms with Crippen LogP contribution in [0.5, 0.6) is 0 Å². The van der Waals surface area contributed by atoms with E-state index in [0.29, 0.717) is 0 Å². The monoisotopic (exact) mass is 248 g/mol. The number of halogens is 1. The molecule has 0 heterocycles. The number of thiol groups is 1. The Balaban J connectivity index is 4.35. The average Bonchev–Trinajstić information content (AvgIpc) is 1.64. The fraction of sp³-hybridized carbons (Fsp3) is 1.00. The third-order valence-electron chi connectivity index (χ3n) is 0.941. The summed E-state index contributed by atoms with van der Waals surface area (Å²) in [6.07, 6.45) is 0. The minimum absolute atomic E-state index is 0.218. The molecule has 0 amide bonds. The summed E-state index contributed by atoms with van der Waals surface area (Å²) >= 11 is 7.12. The Bertz CT molecular complexity index is 142. The van der Waals surface area contributed by atoms with Crippen LogP contribution in [0.1, 0.15) is 20.8 Å². The van der Waals surface area contributed by atoms with Crippen molar-refractivity contribution in [1.82, 2.24) is 0 Å². The van der Waals surface area contributed by atoms with Crippen molar-refractivity contribution >= 4 is 42.4 Å². The molecular formula is C4H10BrOPS2. The van der Waals surface area contributed by atoms with E-state index in [-0.39, 0.29) is 5.16 Å². The van der Waals surface area contributed by atoms with E-state index in [1.54, 1.807) is 0 Å². The van der Waals surface area contributed by atoms with Gasteiger partial charge in [0.1, 0.15) is 0 Å². The molecule has 5 heteroatoms. The zero-order valence-corrected chi connectivity index (χ0v) is 9.78. The van der Waals surface area contributed by atoms with Gasteiger partial charge in [0.05, 0.1) is 0 Å². The molecule has 0 N–H and O–H groups in total. The first-order valence-electron chi connectivity index (χ1n) is 2.44. The maximum atomic E-state index is 11.4. The largest absolute Gasteiger partial charge is 0.299 e. The highest BCUT2D eigenvalue weighted by atomic mass is 79.9. The molecule has 1 unspecified atom stereocenters. The maximum absolute atomic E-state index is 11.4. The van der Waals surface area contributed by atoms with Crippen LogP contribution in [-0.2, 0) is 4.57 Å². The van der Waals surface area contributed by atoms with Crippen LogP contribution in [0.4, 0.5) is 0 Å². The molecule has 0 aromatic carbocycles. The molecular weight excluding hydrogens is 239 g/mol. The Labute approximate surface area is 72.8 Å². The Hall–Kier alpha value is 1.41. The average molecular weight is 249 g/mol. The second-order valence-electron chi connectivity index (χ2n) is 2.76. The Morgan fingerprint density at radius 1 is 1.56 bits per heavy atom. The third kappa shape index (κ3) is 2.87. The van der Waals surface area contributed by atoms with Crippen molar-refractivity contribution < 1.29 is 4.57 Å². The molecule has 0 spiro atoms. The Morgan fingerprint density at radius 2 is 1.89 bits per heavy atom. The minimum atomic E-state index is -2.33. The standard InChI is InChI=1S/C4H10BrOPS2/c1-4(2,3)7(6,8)9-5/h1-3H3,(H,6,8). The van der Waals surface area contributed by atoms with Gasteiger partial charge in [-0.25, -0.2) is 0 Å². The summed E-state index contributed by atoms with van der Waals surface area (Å²) in [5, 5.41) is -0.218. The molecule has 0 radical (unpaired) electrons. The molecule has 0 aliphatic carbocycles. The van der Waals surface area contributed by atoms with Gasteiger partial charge in [-0.3, -0.25) is 4.57 Å². The third-order valence-corrected chi connectivity index (χ3v) is 13.2. The van der Waals surface area contributed by atoms with Gasteiger partial charge >= 0.3 is 0 Å². The molecule has 0 aromatic rings. The van der Waals surface area contributed by atoms with Crippen LogP contribution >= 0.6 is 42.4 Å². The molecule has 56 valence electrons. The van der Waals surface area contributed by atoms with Crippen LogP contribution in [0.15, 0.2) is 0 Å². The Morgan fingerprint density at radius 3 is 1.89 bits per heavy atom. The second-order valence-corrected chi connectivity index (χ2v) is 12.3. The smallest absolute Gasteiger partial charge is 0.203 e. The van der Waals surface area contributed by atoms with Crippen molar-refractivity contribution in [3.05, 3.63) is 0 Å². The van der Waals surface area contributed by atoms with Crippen molar-refractivity contribution in [2.75, 3.05) is 0 Å². The van der Waals surface area contributed by atoms with Gasteiger partial charge in [-0.1, -0.05) is 20.8 Å². The van der Waals surface area contributed by atoms with E-state index in [1.165, 1.54) is 9.82 Å². The quantitative estimate of drug-likeness (QED) is 0.559. The summed E-state index contributed by atoms with van der Waals surface area (Å²) in [6, 6.07) is 0. The highest BCUT2D eigenvalue weighted by Gasteiger charge is 2.32. The van der Waals surface area contributed by atoms with Crippen LogP contribution in [0.3, 0.4) is 0 Å². The summed E-state index contributed by atoms with van der Waals surface area (Å²) in [4.78, 5) is 0. The molecule has 0 aliphatic heterocycles. The predicted octanol–water partition coefficient (Wildman–Crippen LogP) is 3.95. The lowest BCUT2D eigenvalue weighted by Crippen LogP contribution is -2.08. The molecule has 0 aliphatic rings. The topological polar surface area (TPSA) is 17.1 Å². The Kier molecular flexibility index (Phi) is 3.71. The van der Waals surface area contributed by atoms with Crippen molar-refractivity contribution in [3.63, 3.8) is 0 Å². The first-order valence-corrected chi connectivity index (χ1v) is 8.57. The maximum Gasteiger partial charge on any atom is 0.203 e. The van der Waals surface area contributed by atoms with Gasteiger partial charge in [0, 0.05) is 5.16 Å². The SMILES string of the molecule is CC(C)(C)P(=O)(S)SBr. The lowest BCUT2D eigenvalue weighted by atomic mass is 10.3. The van der Waals surface area contributed by atoms with Gasteiger partial charge in [0.2, 0.25) is 5.55 Å². The zero-order valence-electron chi connectivity index (χ0n) is 5.59. The highest BCUT2D eigenvalue weighted by molar-refractivity contribution is 9.60. The lowest BCUT2D eigenvalue weighted by molar-refractivity contribution is 0.573. The summed E-state index contributed by atoms with van der Waals surface area (Å²) in [6.45, 7) is 5.74. The summed E-state index contributed by atoms with van der Waals surface area (Å²) in [7, 11) is 1.17. The van der Waals surface area contributed by atoms with E-state index in [1.807, 2.05) is 20.8 Å². The number of hydrogen-bond donors (Lipinski definition) is 1. The number of hydrogen-bond acceptors (Lipinski definition) is 2. The summed E-state index contributed by atoms with van der Waals surface area (Å²) in [5.41, 5.74) is -2.33. The summed E-state index contributed by atoms with van der Waals surface area (Å²) in [5.74, 6) is 0. The lowest BCUT2D eigenvalue weighted by Gasteiger charge is -2.23. The van der Waals surface area contributed by atoms with Crippen molar-refractivity contribution in [1.29, 1.82) is 0 Å². The number of rotatable bonds is 1. The van der Waals surface area contributed by atoms with Crippen LogP contribution in [0.25, 0.3) is 0 Å². The molecule has 1 nitrogen and oxygen atoms in total. The van der Waals surface area contributed by atoms with E-state index in [4.69, 9.17) is 0 Å². The first-order chi connectivity index (χ1) is 3.81. The summed E-state index contributed by atoms with van der Waals surface area (Å²) < 4.78 is 11.4. The highest BCUT2D eigenvalue weighted by Crippen LogP contribution is 2.73. The molecule has 0 aromatic heterocycles. The molecule has 0 saturated carbocycles. The van der Waals surface area contributed by atoms with Gasteiger partial charge in [0.15, 0.2) is 0 Å². The first kappa shape index (κ1) is 10.4. The van der Waals surface area contributed by atoms with Crippen molar-refractivity contribution in [2.45, 2.75) is 25.9 Å². The molecule has 0 bridgehead atoms. The second kappa shape index (κ2) is 3.21. The van der Waals surface area contributed by atoms with Gasteiger partial charge in [0.25, 0.3) is 0 Å². The molecule has 9 heavy (non-hydrogen) atoms. The van der Waals surface area contributed by atoms with E-state index in [2.05, 4.69) is 27.1 Å². The molecule has 0 saturated heterocycles. The minimum Gasteiger partial charge on any atom is -0.299 e. The van der Waals surface area contributed by atoms with Crippen molar-refractivity contribution in [2.24, 2.45) is 0 Å². The molecule has 1 atom stereocenters. The normalized spacial score (nSPS) is 19.2. The van der Waals surface area contributed by atoms with E-state index >= 15 is 0 Å². The van der Waals surface area contributed by atoms with E-state index in [9.17, 15) is 4.57 Å². The van der Waals surface area contributed by atoms with Gasteiger partial charge in [-0.05, 0) is 24.6 Å². The van der Waals surface area contributed by atoms with Crippen LogP contribution in [-0.4, -0.2) is 5.16 Å².